The first-order valence-corrected chi connectivity index (χ1v) is 6.73. The molecule has 0 saturated carbocycles. The van der Waals surface area contributed by atoms with E-state index in [2.05, 4.69) is 5.32 Å². The predicted molar refractivity (Wildman–Crippen MR) is 78.7 cm³/mol. The largest absolute Gasteiger partial charge is 0.325 e. The molecule has 0 bridgehead atoms. The molecule has 3 rings (SSSR count). The summed E-state index contributed by atoms with van der Waals surface area (Å²) in [5, 5.41) is 3.37. The Balaban J connectivity index is 2.08. The summed E-state index contributed by atoms with van der Waals surface area (Å²) in [4.78, 5) is 23.9. The fourth-order valence-electron chi connectivity index (χ4n) is 2.21. The molecule has 5 heteroatoms. The van der Waals surface area contributed by atoms with Crippen molar-refractivity contribution in [2.75, 3.05) is 5.32 Å². The molecule has 1 N–H and O–H groups in total. The van der Waals surface area contributed by atoms with Crippen LogP contribution in [-0.4, -0.2) is 11.7 Å². The third kappa shape index (κ3) is 2.19. The van der Waals surface area contributed by atoms with Crippen molar-refractivity contribution in [1.29, 1.82) is 0 Å². The Morgan fingerprint density at radius 3 is 2.55 bits per heavy atom. The minimum absolute atomic E-state index is 0.0987. The van der Waals surface area contributed by atoms with Gasteiger partial charge in [0, 0.05) is 16.8 Å². The highest BCUT2D eigenvalue weighted by atomic mass is 35.5. The average Bonchev–Trinajstić information content (AvgIpc) is 2.76. The minimum atomic E-state index is -0.247. The predicted octanol–water partition coefficient (Wildman–Crippen LogP) is 3.72. The second-order valence-corrected chi connectivity index (χ2v) is 5.34. The number of rotatable bonds is 2. The molecule has 0 spiro atoms. The van der Waals surface area contributed by atoms with Crippen LogP contribution in [0.4, 0.5) is 5.69 Å². The van der Waals surface area contributed by atoms with Crippen molar-refractivity contribution in [3.63, 3.8) is 0 Å². The van der Waals surface area contributed by atoms with E-state index in [1.54, 1.807) is 36.4 Å². The lowest BCUT2D eigenvalue weighted by atomic mass is 10.00. The molecule has 20 heavy (non-hydrogen) atoms. The SMILES string of the molecule is O=C1Cc2cc(C(=O)c3ccccc3Cl)c(Cl)cc2N1. The zero-order valence-electron chi connectivity index (χ0n) is 10.2. The zero-order chi connectivity index (χ0) is 14.3. The van der Waals surface area contributed by atoms with Gasteiger partial charge < -0.3 is 5.32 Å². The molecule has 0 aliphatic carbocycles. The molecular weight excluding hydrogens is 297 g/mol. The maximum atomic E-state index is 12.5. The maximum Gasteiger partial charge on any atom is 0.228 e. The minimum Gasteiger partial charge on any atom is -0.325 e. The van der Waals surface area contributed by atoms with Crippen LogP contribution in [0.3, 0.4) is 0 Å². The Morgan fingerprint density at radius 2 is 1.80 bits per heavy atom. The van der Waals surface area contributed by atoms with E-state index >= 15 is 0 Å². The van der Waals surface area contributed by atoms with E-state index in [0.717, 1.165) is 5.56 Å². The van der Waals surface area contributed by atoms with Crippen LogP contribution in [0.5, 0.6) is 0 Å². The fraction of sp³-hybridized carbons (Fsp3) is 0.0667. The van der Waals surface area contributed by atoms with Crippen LogP contribution in [0.1, 0.15) is 21.5 Å². The molecular formula is C15H9Cl2NO2. The summed E-state index contributed by atoms with van der Waals surface area (Å²) in [5.41, 5.74) is 2.19. The first-order valence-electron chi connectivity index (χ1n) is 5.98. The van der Waals surface area contributed by atoms with Crippen LogP contribution in [0, 0.1) is 0 Å². The summed E-state index contributed by atoms with van der Waals surface area (Å²) >= 11 is 12.2. The van der Waals surface area contributed by atoms with Crippen molar-refractivity contribution in [2.45, 2.75) is 6.42 Å². The number of nitrogens with one attached hydrogen (secondary N) is 1. The summed E-state index contributed by atoms with van der Waals surface area (Å²) in [7, 11) is 0. The Morgan fingerprint density at radius 1 is 1.05 bits per heavy atom. The lowest BCUT2D eigenvalue weighted by Crippen LogP contribution is -2.04. The van der Waals surface area contributed by atoms with E-state index < -0.39 is 0 Å². The number of benzene rings is 2. The van der Waals surface area contributed by atoms with E-state index in [-0.39, 0.29) is 18.1 Å². The Kier molecular flexibility index (Phi) is 3.24. The molecule has 0 aromatic heterocycles. The lowest BCUT2D eigenvalue weighted by molar-refractivity contribution is -0.115. The Bertz CT molecular complexity index is 741. The van der Waals surface area contributed by atoms with Gasteiger partial charge in [-0.25, -0.2) is 0 Å². The van der Waals surface area contributed by atoms with Gasteiger partial charge in [0.05, 0.1) is 16.5 Å². The van der Waals surface area contributed by atoms with E-state index in [9.17, 15) is 9.59 Å². The van der Waals surface area contributed by atoms with Gasteiger partial charge in [-0.15, -0.1) is 0 Å². The van der Waals surface area contributed by atoms with Gasteiger partial charge in [0.2, 0.25) is 5.91 Å². The quantitative estimate of drug-likeness (QED) is 0.860. The summed E-state index contributed by atoms with van der Waals surface area (Å²) in [6.07, 6.45) is 0.259. The first-order chi connectivity index (χ1) is 9.56. The van der Waals surface area contributed by atoms with E-state index in [4.69, 9.17) is 23.2 Å². The number of carbonyl (C=O) groups is 2. The van der Waals surface area contributed by atoms with Gasteiger partial charge in [0.25, 0.3) is 0 Å². The number of hydrogen-bond acceptors (Lipinski definition) is 2. The highest BCUT2D eigenvalue weighted by molar-refractivity contribution is 6.38. The highest BCUT2D eigenvalue weighted by Crippen LogP contribution is 2.32. The van der Waals surface area contributed by atoms with Crippen LogP contribution in [-0.2, 0) is 11.2 Å². The van der Waals surface area contributed by atoms with Gasteiger partial charge in [0.1, 0.15) is 0 Å². The van der Waals surface area contributed by atoms with Crippen molar-refractivity contribution in [1.82, 2.24) is 0 Å². The van der Waals surface area contributed by atoms with E-state index in [0.29, 0.717) is 26.9 Å². The van der Waals surface area contributed by atoms with Gasteiger partial charge in [0.15, 0.2) is 5.78 Å². The lowest BCUT2D eigenvalue weighted by Gasteiger charge is -2.08. The summed E-state index contributed by atoms with van der Waals surface area (Å²) in [5.74, 6) is -0.346. The molecule has 0 atom stereocenters. The van der Waals surface area contributed by atoms with Crippen LogP contribution in [0.2, 0.25) is 10.0 Å². The monoisotopic (exact) mass is 305 g/mol. The van der Waals surface area contributed by atoms with E-state index in [1.165, 1.54) is 0 Å². The third-order valence-electron chi connectivity index (χ3n) is 3.18. The number of amides is 1. The number of ketones is 1. The van der Waals surface area contributed by atoms with Crippen LogP contribution in [0.15, 0.2) is 36.4 Å². The smallest absolute Gasteiger partial charge is 0.228 e. The molecule has 0 saturated heterocycles. The zero-order valence-corrected chi connectivity index (χ0v) is 11.8. The third-order valence-corrected chi connectivity index (χ3v) is 3.82. The van der Waals surface area contributed by atoms with Crippen molar-refractivity contribution in [2.24, 2.45) is 0 Å². The van der Waals surface area contributed by atoms with Crippen LogP contribution >= 0.6 is 23.2 Å². The summed E-state index contributed by atoms with van der Waals surface area (Å²) in [6.45, 7) is 0. The average molecular weight is 306 g/mol. The molecule has 2 aromatic carbocycles. The number of carbonyl (C=O) groups excluding carboxylic acids is 2. The number of anilines is 1. The van der Waals surface area contributed by atoms with Crippen LogP contribution < -0.4 is 5.32 Å². The van der Waals surface area contributed by atoms with Gasteiger partial charge >= 0.3 is 0 Å². The molecule has 100 valence electrons. The molecule has 1 heterocycles. The van der Waals surface area contributed by atoms with Crippen LogP contribution in [0.25, 0.3) is 0 Å². The fourth-order valence-corrected chi connectivity index (χ4v) is 2.68. The summed E-state index contributed by atoms with van der Waals surface area (Å²) in [6, 6.07) is 10.1. The molecule has 1 aliphatic rings. The van der Waals surface area contributed by atoms with Gasteiger partial charge in [-0.05, 0) is 29.8 Å². The molecule has 0 fully saturated rings. The van der Waals surface area contributed by atoms with Gasteiger partial charge in [-0.3, -0.25) is 9.59 Å². The van der Waals surface area contributed by atoms with Gasteiger partial charge in [-0.2, -0.15) is 0 Å². The van der Waals surface area contributed by atoms with Crippen molar-refractivity contribution in [3.8, 4) is 0 Å². The molecule has 2 aromatic rings. The number of hydrogen-bond donors (Lipinski definition) is 1. The van der Waals surface area contributed by atoms with E-state index in [1.807, 2.05) is 0 Å². The normalized spacial score (nSPS) is 13.0. The molecule has 1 aliphatic heterocycles. The van der Waals surface area contributed by atoms with Crippen molar-refractivity contribution >= 4 is 40.6 Å². The number of halogens is 2. The maximum absolute atomic E-state index is 12.5. The molecule has 1 amide bonds. The second kappa shape index (κ2) is 4.93. The second-order valence-electron chi connectivity index (χ2n) is 4.52. The van der Waals surface area contributed by atoms with Crippen molar-refractivity contribution in [3.05, 3.63) is 63.1 Å². The van der Waals surface area contributed by atoms with Gasteiger partial charge in [-0.1, -0.05) is 35.3 Å². The Hall–Kier alpha value is -1.84. The molecule has 3 nitrogen and oxygen atoms in total. The Labute approximate surface area is 125 Å². The molecule has 0 unspecified atom stereocenters. The topological polar surface area (TPSA) is 46.2 Å². The highest BCUT2D eigenvalue weighted by Gasteiger charge is 2.23. The standard InChI is InChI=1S/C15H9Cl2NO2/c16-11-4-2-1-3-9(11)15(20)10-5-8-6-14(19)18-13(8)7-12(10)17/h1-5,7H,6H2,(H,18,19). The number of fused-ring (bicyclic) bond motifs is 1. The molecule has 0 radical (unpaired) electrons. The first kappa shape index (κ1) is 13.2. The summed E-state index contributed by atoms with van der Waals surface area (Å²) < 4.78 is 0. The van der Waals surface area contributed by atoms with Crippen molar-refractivity contribution < 1.29 is 9.59 Å².